The maximum Gasteiger partial charge on any atom is 0 e. The van der Waals surface area contributed by atoms with Crippen molar-refractivity contribution in [3.05, 3.63) is 58.1 Å². The van der Waals surface area contributed by atoms with Gasteiger partial charge in [0, 0.05) is 17.1 Å². The summed E-state index contributed by atoms with van der Waals surface area (Å²) in [6, 6.07) is 11.6. The molecule has 0 aliphatic rings. The summed E-state index contributed by atoms with van der Waals surface area (Å²) < 4.78 is 0. The van der Waals surface area contributed by atoms with Gasteiger partial charge in [0.1, 0.15) is 0 Å². The fourth-order valence-corrected chi connectivity index (χ4v) is 3.62. The minimum Gasteiger partial charge on any atom is -0.745 e. The van der Waals surface area contributed by atoms with Crippen molar-refractivity contribution in [3.63, 3.8) is 0 Å². The second kappa shape index (κ2) is 15.3. The Morgan fingerprint density at radius 1 is 0.731 bits per heavy atom. The van der Waals surface area contributed by atoms with Crippen molar-refractivity contribution >= 4 is 0 Å². The van der Waals surface area contributed by atoms with Gasteiger partial charge >= 0.3 is 0 Å². The van der Waals surface area contributed by atoms with Gasteiger partial charge in [-0.25, -0.2) is 25.3 Å². The number of rotatable bonds is 10. The van der Waals surface area contributed by atoms with Gasteiger partial charge in [-0.2, -0.15) is 23.3 Å². The minimum absolute atomic E-state index is 0. The molecule has 2 aromatic carbocycles. The largest absolute Gasteiger partial charge is 0.745 e. The van der Waals surface area contributed by atoms with Gasteiger partial charge in [0.25, 0.3) is 0 Å². The monoisotopic (exact) mass is 396 g/mol. The molecule has 26 heavy (non-hydrogen) atoms. The first-order chi connectivity index (χ1) is 12.2. The average Bonchev–Trinajstić information content (AvgIpc) is 3.19. The molecule has 0 spiro atoms. The third kappa shape index (κ3) is 8.74. The molecule has 2 aromatic rings. The van der Waals surface area contributed by atoms with Crippen molar-refractivity contribution in [1.82, 2.24) is 0 Å². The average molecular weight is 396 g/mol. The summed E-state index contributed by atoms with van der Waals surface area (Å²) in [6.45, 7) is 11.3. The first-order valence-electron chi connectivity index (χ1n) is 10.7. The van der Waals surface area contributed by atoms with E-state index in [1.54, 1.807) is 16.7 Å². The normalized spacial score (nSPS) is 10.2. The van der Waals surface area contributed by atoms with Crippen LogP contribution < -0.4 is 0 Å². The van der Waals surface area contributed by atoms with Crippen LogP contribution in [0.5, 0.6) is 0 Å². The van der Waals surface area contributed by atoms with Crippen LogP contribution in [0.4, 0.5) is 0 Å². The van der Waals surface area contributed by atoms with Crippen molar-refractivity contribution in [2.45, 2.75) is 98.8 Å². The maximum absolute atomic E-state index is 2.35. The topological polar surface area (TPSA) is 0 Å². The molecule has 0 heterocycles. The van der Waals surface area contributed by atoms with Gasteiger partial charge in [-0.05, 0) is 0 Å². The van der Waals surface area contributed by atoms with Crippen LogP contribution in [0.1, 0.15) is 94.5 Å². The van der Waals surface area contributed by atoms with E-state index < -0.39 is 0 Å². The Kier molecular flexibility index (Phi) is 14.8. The van der Waals surface area contributed by atoms with Crippen LogP contribution in [0.15, 0.2) is 30.3 Å². The van der Waals surface area contributed by atoms with Gasteiger partial charge in [0.05, 0.1) is 0 Å². The molecule has 1 heteroatoms. The minimum atomic E-state index is 0. The molecule has 0 nitrogen and oxygen atoms in total. The molecule has 2 rings (SSSR count). The summed E-state index contributed by atoms with van der Waals surface area (Å²) in [6.07, 6.45) is 12.6. The first kappa shape index (κ1) is 25.2. The molecular weight excluding hydrogens is 356 g/mol. The standard InChI is InChI=1S/C14H23.C11H17.Fe/c1-4-7-12-10-11-13(8-5-2)14(12)9-6-3;1-3-5-10-7-8-11(9-10)6-4-2;/h10-11H,4-9H2,1-3H3;7-9H,3-6H2,1-2H3;/q-5;-1;. The Morgan fingerprint density at radius 3 is 1.73 bits per heavy atom. The summed E-state index contributed by atoms with van der Waals surface area (Å²) >= 11 is 0. The fraction of sp³-hybridized carbons (Fsp3) is 0.600. The molecular formula is C25H40Fe-6. The molecule has 0 amide bonds. The van der Waals surface area contributed by atoms with E-state index in [1.165, 1.54) is 75.3 Å². The molecule has 0 fully saturated rings. The molecule has 0 saturated carbocycles. The van der Waals surface area contributed by atoms with E-state index >= 15 is 0 Å². The molecule has 0 unspecified atom stereocenters. The summed E-state index contributed by atoms with van der Waals surface area (Å²) in [5, 5.41) is 0. The second-order valence-corrected chi connectivity index (χ2v) is 7.24. The zero-order valence-electron chi connectivity index (χ0n) is 17.8. The summed E-state index contributed by atoms with van der Waals surface area (Å²) in [7, 11) is 0. The van der Waals surface area contributed by atoms with Gasteiger partial charge in [-0.3, -0.25) is 0 Å². The van der Waals surface area contributed by atoms with E-state index in [0.717, 1.165) is 0 Å². The third-order valence-corrected chi connectivity index (χ3v) is 4.76. The fourth-order valence-electron chi connectivity index (χ4n) is 3.62. The van der Waals surface area contributed by atoms with E-state index in [2.05, 4.69) is 65.0 Å². The van der Waals surface area contributed by atoms with Crippen LogP contribution in [0.2, 0.25) is 0 Å². The van der Waals surface area contributed by atoms with E-state index in [9.17, 15) is 0 Å². The Morgan fingerprint density at radius 2 is 1.27 bits per heavy atom. The number of aryl methyl sites for hydroxylation is 4. The zero-order chi connectivity index (χ0) is 18.5. The molecule has 0 radical (unpaired) electrons. The van der Waals surface area contributed by atoms with E-state index in [0.29, 0.717) is 0 Å². The predicted octanol–water partition coefficient (Wildman–Crippen LogP) is 7.57. The van der Waals surface area contributed by atoms with Crippen LogP contribution in [-0.4, -0.2) is 0 Å². The van der Waals surface area contributed by atoms with Crippen LogP contribution in [0.25, 0.3) is 0 Å². The van der Waals surface area contributed by atoms with Gasteiger partial charge in [-0.15, -0.1) is 0 Å². The van der Waals surface area contributed by atoms with Gasteiger partial charge in [0.2, 0.25) is 0 Å². The Hall–Kier alpha value is -0.781. The van der Waals surface area contributed by atoms with Crippen LogP contribution >= 0.6 is 0 Å². The van der Waals surface area contributed by atoms with Gasteiger partial charge in [-0.1, -0.05) is 79.6 Å². The zero-order valence-corrected chi connectivity index (χ0v) is 18.9. The van der Waals surface area contributed by atoms with E-state index in [1.807, 2.05) is 0 Å². The number of hydrogen-bond donors (Lipinski definition) is 0. The summed E-state index contributed by atoms with van der Waals surface area (Å²) in [5.74, 6) is 0. The van der Waals surface area contributed by atoms with Gasteiger partial charge in [0.15, 0.2) is 0 Å². The summed E-state index contributed by atoms with van der Waals surface area (Å²) in [5.41, 5.74) is 7.90. The maximum atomic E-state index is 2.35. The Balaban J connectivity index is 0.000000475. The quantitative estimate of drug-likeness (QED) is 0.287. The Labute approximate surface area is 174 Å². The van der Waals surface area contributed by atoms with E-state index in [-0.39, 0.29) is 17.1 Å². The van der Waals surface area contributed by atoms with Gasteiger partial charge < -0.3 is 28.8 Å². The molecule has 154 valence electrons. The van der Waals surface area contributed by atoms with Crippen LogP contribution in [0.3, 0.4) is 0 Å². The SMILES string of the molecule is CCC[c-]1[cH-][cH-][c-](CCC)[c-]1CCC.CCCc1cc[c-](CCC)c1.[Fe]. The third-order valence-electron chi connectivity index (χ3n) is 4.76. The van der Waals surface area contributed by atoms with E-state index in [4.69, 9.17) is 0 Å². The van der Waals surface area contributed by atoms with Crippen molar-refractivity contribution in [2.24, 2.45) is 0 Å². The molecule has 0 aliphatic carbocycles. The van der Waals surface area contributed by atoms with Crippen molar-refractivity contribution < 1.29 is 17.1 Å². The second-order valence-electron chi connectivity index (χ2n) is 7.24. The molecule has 0 saturated heterocycles. The smallest absolute Gasteiger partial charge is 0 e. The van der Waals surface area contributed by atoms with Crippen LogP contribution in [0, 0.1) is 0 Å². The van der Waals surface area contributed by atoms with Crippen molar-refractivity contribution in [3.8, 4) is 0 Å². The number of hydrogen-bond acceptors (Lipinski definition) is 0. The molecule has 0 atom stereocenters. The molecule has 0 bridgehead atoms. The van der Waals surface area contributed by atoms with Crippen LogP contribution in [-0.2, 0) is 49.2 Å². The molecule has 0 aromatic heterocycles. The first-order valence-corrected chi connectivity index (χ1v) is 10.7. The predicted molar refractivity (Wildman–Crippen MR) is 114 cm³/mol. The molecule has 0 aliphatic heterocycles. The van der Waals surface area contributed by atoms with Crippen molar-refractivity contribution in [2.75, 3.05) is 0 Å². The summed E-state index contributed by atoms with van der Waals surface area (Å²) in [4.78, 5) is 0. The molecule has 0 N–H and O–H groups in total. The Bertz CT molecular complexity index is 514. The van der Waals surface area contributed by atoms with Crippen molar-refractivity contribution in [1.29, 1.82) is 0 Å².